The number of rotatable bonds is 7. The highest BCUT2D eigenvalue weighted by atomic mass is 35.5. The first-order valence-electron chi connectivity index (χ1n) is 9.79. The lowest BCUT2D eigenvalue weighted by atomic mass is 9.93. The molecule has 29 heavy (non-hydrogen) atoms. The molecular formula is C21H27ClN2O4S. The minimum Gasteiger partial charge on any atom is -0.354 e. The zero-order valence-electron chi connectivity index (χ0n) is 16.7. The summed E-state index contributed by atoms with van der Waals surface area (Å²) in [4.78, 5) is 28.1. The summed E-state index contributed by atoms with van der Waals surface area (Å²) in [5, 5.41) is 3.70. The number of carbonyl (C=O) groups is 2. The second-order valence-corrected chi connectivity index (χ2v) is 8.86. The van der Waals surface area contributed by atoms with E-state index in [9.17, 15) is 9.59 Å². The van der Waals surface area contributed by atoms with E-state index in [2.05, 4.69) is 5.32 Å². The largest absolute Gasteiger partial charge is 0.354 e. The molecule has 0 bridgehead atoms. The van der Waals surface area contributed by atoms with Gasteiger partial charge in [-0.05, 0) is 30.5 Å². The van der Waals surface area contributed by atoms with Crippen molar-refractivity contribution in [1.29, 1.82) is 0 Å². The van der Waals surface area contributed by atoms with E-state index in [0.29, 0.717) is 15.2 Å². The topological polar surface area (TPSA) is 67.9 Å². The van der Waals surface area contributed by atoms with E-state index >= 15 is 0 Å². The number of hydrogen-bond donors (Lipinski definition) is 1. The average Bonchev–Trinajstić information content (AvgIpc) is 2.73. The third-order valence-corrected chi connectivity index (χ3v) is 7.06. The number of ether oxygens (including phenoxy) is 2. The maximum absolute atomic E-state index is 13.2. The number of carbonyl (C=O) groups excluding carboxylic acids is 2. The van der Waals surface area contributed by atoms with Crippen LogP contribution in [0.1, 0.15) is 31.2 Å². The molecule has 1 saturated carbocycles. The van der Waals surface area contributed by atoms with E-state index in [1.807, 2.05) is 30.3 Å². The van der Waals surface area contributed by atoms with Crippen LogP contribution in [0.3, 0.4) is 0 Å². The van der Waals surface area contributed by atoms with Crippen LogP contribution in [0.5, 0.6) is 0 Å². The standard InChI is InChI=1S/C21H27ClN2O4S/c1-27-20(28-2)12-23-19(25)13-24-16-9-5-6-10-17(16)29-18(21(24)26)11-14-7-3-4-8-15(14)22/h3-4,7-8,11,16-17,20H,5-6,9-10,12-13H2,1-2H3,(H,23,25)/b18-11+. The summed E-state index contributed by atoms with van der Waals surface area (Å²) in [5.41, 5.74) is 0.812. The number of thioether (sulfide) groups is 1. The quantitative estimate of drug-likeness (QED) is 0.522. The molecule has 6 nitrogen and oxygen atoms in total. The number of nitrogens with zero attached hydrogens (tertiary/aromatic N) is 1. The molecular weight excluding hydrogens is 412 g/mol. The van der Waals surface area contributed by atoms with E-state index in [0.717, 1.165) is 31.2 Å². The van der Waals surface area contributed by atoms with Crippen LogP contribution >= 0.6 is 23.4 Å². The predicted molar refractivity (Wildman–Crippen MR) is 116 cm³/mol. The van der Waals surface area contributed by atoms with Crippen molar-refractivity contribution < 1.29 is 19.1 Å². The maximum Gasteiger partial charge on any atom is 0.261 e. The van der Waals surface area contributed by atoms with Crippen molar-refractivity contribution in [2.45, 2.75) is 43.3 Å². The first-order valence-corrected chi connectivity index (χ1v) is 11.1. The lowest BCUT2D eigenvalue weighted by Gasteiger charge is -2.43. The van der Waals surface area contributed by atoms with Gasteiger partial charge in [-0.1, -0.05) is 42.6 Å². The van der Waals surface area contributed by atoms with Gasteiger partial charge in [-0.25, -0.2) is 0 Å². The molecule has 1 aromatic carbocycles. The Bertz CT molecular complexity index is 769. The molecule has 1 aliphatic heterocycles. The Morgan fingerprint density at radius 3 is 2.76 bits per heavy atom. The van der Waals surface area contributed by atoms with Crippen LogP contribution in [0.4, 0.5) is 0 Å². The van der Waals surface area contributed by atoms with Gasteiger partial charge in [-0.3, -0.25) is 9.59 Å². The van der Waals surface area contributed by atoms with Crippen molar-refractivity contribution in [3.8, 4) is 0 Å². The predicted octanol–water partition coefficient (Wildman–Crippen LogP) is 3.30. The number of hydrogen-bond acceptors (Lipinski definition) is 5. The molecule has 2 atom stereocenters. The van der Waals surface area contributed by atoms with Crippen molar-refractivity contribution >= 4 is 41.3 Å². The summed E-state index contributed by atoms with van der Waals surface area (Å²) in [7, 11) is 3.04. The minimum atomic E-state index is -0.510. The van der Waals surface area contributed by atoms with Crippen LogP contribution < -0.4 is 5.32 Å². The molecule has 0 spiro atoms. The zero-order chi connectivity index (χ0) is 20.8. The highest BCUT2D eigenvalue weighted by Gasteiger charge is 2.41. The van der Waals surface area contributed by atoms with Crippen LogP contribution in [0, 0.1) is 0 Å². The summed E-state index contributed by atoms with van der Waals surface area (Å²) in [6.07, 6.45) is 5.52. The van der Waals surface area contributed by atoms with Crippen LogP contribution in [-0.2, 0) is 19.1 Å². The van der Waals surface area contributed by atoms with Crippen LogP contribution in [0.2, 0.25) is 5.02 Å². The smallest absolute Gasteiger partial charge is 0.261 e. The second-order valence-electron chi connectivity index (χ2n) is 7.18. The van der Waals surface area contributed by atoms with Crippen molar-refractivity contribution in [2.24, 2.45) is 0 Å². The minimum absolute atomic E-state index is 0.0283. The van der Waals surface area contributed by atoms with Gasteiger partial charge in [0.25, 0.3) is 5.91 Å². The number of amides is 2. The Kier molecular flexibility index (Phi) is 8.00. The van der Waals surface area contributed by atoms with Crippen LogP contribution in [-0.4, -0.2) is 61.6 Å². The third-order valence-electron chi connectivity index (χ3n) is 5.32. The lowest BCUT2D eigenvalue weighted by Crippen LogP contribution is -2.54. The number of benzene rings is 1. The summed E-state index contributed by atoms with van der Waals surface area (Å²) >= 11 is 7.90. The molecule has 8 heteroatoms. The Labute approximate surface area is 180 Å². The van der Waals surface area contributed by atoms with Crippen molar-refractivity contribution in [3.05, 3.63) is 39.8 Å². The van der Waals surface area contributed by atoms with Gasteiger partial charge in [0, 0.05) is 30.5 Å². The van der Waals surface area contributed by atoms with Crippen LogP contribution in [0.25, 0.3) is 6.08 Å². The molecule has 1 heterocycles. The molecule has 0 aromatic heterocycles. The highest BCUT2D eigenvalue weighted by molar-refractivity contribution is 8.04. The molecule has 3 rings (SSSR count). The molecule has 0 radical (unpaired) electrons. The fraction of sp³-hybridized carbons (Fsp3) is 0.524. The van der Waals surface area contributed by atoms with Crippen molar-refractivity contribution in [2.75, 3.05) is 27.3 Å². The number of fused-ring (bicyclic) bond motifs is 1. The highest BCUT2D eigenvalue weighted by Crippen LogP contribution is 2.42. The van der Waals surface area contributed by atoms with E-state index in [1.54, 1.807) is 16.7 Å². The van der Waals surface area contributed by atoms with Gasteiger partial charge >= 0.3 is 0 Å². The number of nitrogens with one attached hydrogen (secondary N) is 1. The Balaban J connectivity index is 1.77. The van der Waals surface area contributed by atoms with Gasteiger partial charge in [-0.2, -0.15) is 0 Å². The van der Waals surface area contributed by atoms with Gasteiger partial charge in [0.1, 0.15) is 6.54 Å². The SMILES string of the molecule is COC(CNC(=O)CN1C(=O)/C(=C\c2ccccc2Cl)SC2CCCCC21)OC. The van der Waals surface area contributed by atoms with Gasteiger partial charge in [0.05, 0.1) is 11.4 Å². The van der Waals surface area contributed by atoms with E-state index in [-0.39, 0.29) is 30.9 Å². The van der Waals surface area contributed by atoms with Gasteiger partial charge in [0.15, 0.2) is 6.29 Å². The number of halogens is 1. The van der Waals surface area contributed by atoms with Gasteiger partial charge < -0.3 is 19.7 Å². The van der Waals surface area contributed by atoms with E-state index < -0.39 is 6.29 Å². The van der Waals surface area contributed by atoms with Gasteiger partial charge in [0.2, 0.25) is 5.91 Å². The molecule has 1 aromatic rings. The maximum atomic E-state index is 13.2. The molecule has 1 aliphatic carbocycles. The fourth-order valence-corrected chi connectivity index (χ4v) is 5.42. The lowest BCUT2D eigenvalue weighted by molar-refractivity contribution is -0.137. The van der Waals surface area contributed by atoms with E-state index in [4.69, 9.17) is 21.1 Å². The summed E-state index contributed by atoms with van der Waals surface area (Å²) in [6.45, 7) is 0.263. The Morgan fingerprint density at radius 2 is 2.03 bits per heavy atom. The fourth-order valence-electron chi connectivity index (χ4n) is 3.77. The van der Waals surface area contributed by atoms with Gasteiger partial charge in [-0.15, -0.1) is 11.8 Å². The Hall–Kier alpha value is -1.54. The van der Waals surface area contributed by atoms with Crippen LogP contribution in [0.15, 0.2) is 29.2 Å². The summed E-state index contributed by atoms with van der Waals surface area (Å²) in [5.74, 6) is -0.325. The van der Waals surface area contributed by atoms with Crippen molar-refractivity contribution in [3.63, 3.8) is 0 Å². The average molecular weight is 439 g/mol. The Morgan fingerprint density at radius 1 is 1.31 bits per heavy atom. The molecule has 1 saturated heterocycles. The summed E-state index contributed by atoms with van der Waals surface area (Å²) < 4.78 is 10.2. The normalized spacial score (nSPS) is 23.4. The monoisotopic (exact) mass is 438 g/mol. The first kappa shape index (κ1) is 22.2. The molecule has 158 valence electrons. The zero-order valence-corrected chi connectivity index (χ0v) is 18.3. The second kappa shape index (κ2) is 10.5. The molecule has 2 aliphatic rings. The molecule has 1 N–H and O–H groups in total. The molecule has 2 fully saturated rings. The first-order chi connectivity index (χ1) is 14.0. The van der Waals surface area contributed by atoms with E-state index in [1.165, 1.54) is 14.2 Å². The molecule has 2 unspecified atom stereocenters. The third kappa shape index (κ3) is 5.54. The molecule has 2 amide bonds. The number of methoxy groups -OCH3 is 2. The summed E-state index contributed by atoms with van der Waals surface area (Å²) in [6, 6.07) is 7.54. The van der Waals surface area contributed by atoms with Crippen molar-refractivity contribution in [1.82, 2.24) is 10.2 Å².